The van der Waals surface area contributed by atoms with Gasteiger partial charge in [-0.25, -0.2) is 0 Å². The van der Waals surface area contributed by atoms with E-state index in [2.05, 4.69) is 0 Å². The van der Waals surface area contributed by atoms with Crippen LogP contribution in [0, 0.1) is 0 Å². The van der Waals surface area contributed by atoms with Gasteiger partial charge < -0.3 is 14.4 Å². The zero-order valence-corrected chi connectivity index (χ0v) is 16.2. The van der Waals surface area contributed by atoms with Crippen molar-refractivity contribution in [2.45, 2.75) is 32.5 Å². The molecule has 2 aromatic carbocycles. The van der Waals surface area contributed by atoms with Gasteiger partial charge in [0.1, 0.15) is 11.3 Å². The Labute approximate surface area is 166 Å². The van der Waals surface area contributed by atoms with Crippen molar-refractivity contribution in [1.82, 2.24) is 4.90 Å². The van der Waals surface area contributed by atoms with Crippen LogP contribution in [0.5, 0.6) is 5.75 Å². The van der Waals surface area contributed by atoms with Crippen molar-refractivity contribution >= 4 is 11.0 Å². The highest BCUT2D eigenvalue weighted by atomic mass is 19.4. The third-order valence-electron chi connectivity index (χ3n) is 4.78. The van der Waals surface area contributed by atoms with Gasteiger partial charge in [-0.05, 0) is 37.7 Å². The smallest absolute Gasteiger partial charge is 0.450 e. The van der Waals surface area contributed by atoms with Crippen molar-refractivity contribution < 1.29 is 22.7 Å². The Morgan fingerprint density at radius 3 is 2.41 bits per heavy atom. The van der Waals surface area contributed by atoms with Gasteiger partial charge in [0.05, 0.1) is 16.5 Å². The number of aromatic hydroxyl groups is 1. The van der Waals surface area contributed by atoms with Crippen LogP contribution in [0.1, 0.15) is 31.1 Å². The van der Waals surface area contributed by atoms with E-state index in [4.69, 9.17) is 4.42 Å². The van der Waals surface area contributed by atoms with E-state index in [1.54, 1.807) is 25.2 Å². The number of phenols is 1. The number of unbranched alkanes of at least 4 members (excludes halogenated alkanes) is 1. The highest BCUT2D eigenvalue weighted by Gasteiger charge is 2.39. The Morgan fingerprint density at radius 2 is 1.79 bits per heavy atom. The first-order valence-corrected chi connectivity index (χ1v) is 9.36. The maximum absolute atomic E-state index is 13.8. The first-order chi connectivity index (χ1) is 13.7. The van der Waals surface area contributed by atoms with Gasteiger partial charge in [0.15, 0.2) is 0 Å². The van der Waals surface area contributed by atoms with Crippen LogP contribution in [0.2, 0.25) is 0 Å². The monoisotopic (exact) mass is 405 g/mol. The van der Waals surface area contributed by atoms with E-state index in [1.165, 1.54) is 24.3 Å². The minimum absolute atomic E-state index is 0.00791. The zero-order chi connectivity index (χ0) is 21.2. The normalized spacial score (nSPS) is 12.1. The molecule has 1 heterocycles. The molecule has 0 fully saturated rings. The molecule has 0 saturated heterocycles. The molecule has 0 atom stereocenters. The number of halogens is 3. The summed E-state index contributed by atoms with van der Waals surface area (Å²) in [5.74, 6) is -1.56. The molecule has 0 bridgehead atoms. The standard InChI is InChI=1S/C22H22F3NO3/c1-3-4-12-26(2)13-16-17(27)11-10-15-19(28)18(14-8-6-5-7-9-14)21(22(23,24)25)29-20(15)16/h5-11,27H,3-4,12-13H2,1-2H3. The van der Waals surface area contributed by atoms with Gasteiger partial charge in [0, 0.05) is 6.54 Å². The molecule has 4 nitrogen and oxygen atoms in total. The molecule has 7 heteroatoms. The molecular weight excluding hydrogens is 383 g/mol. The summed E-state index contributed by atoms with van der Waals surface area (Å²) < 4.78 is 46.7. The Hall–Kier alpha value is -2.80. The van der Waals surface area contributed by atoms with E-state index < -0.39 is 22.9 Å². The lowest BCUT2D eigenvalue weighted by atomic mass is 10.00. The Bertz CT molecular complexity index is 1060. The largest absolute Gasteiger partial charge is 0.507 e. The first kappa shape index (κ1) is 20.9. The molecule has 0 aliphatic rings. The fourth-order valence-corrected chi connectivity index (χ4v) is 3.30. The SMILES string of the molecule is CCCCN(C)Cc1c(O)ccc2c(=O)c(-c3ccccc3)c(C(F)(F)F)oc12. The van der Waals surface area contributed by atoms with Crippen molar-refractivity contribution in [3.05, 3.63) is 64.0 Å². The third kappa shape index (κ3) is 4.29. The summed E-state index contributed by atoms with van der Waals surface area (Å²) in [4.78, 5) is 14.9. The number of fused-ring (bicyclic) bond motifs is 1. The summed E-state index contributed by atoms with van der Waals surface area (Å²) in [7, 11) is 1.80. The van der Waals surface area contributed by atoms with E-state index in [1.807, 2.05) is 11.8 Å². The molecule has 0 radical (unpaired) electrons. The van der Waals surface area contributed by atoms with Gasteiger partial charge in [-0.3, -0.25) is 4.79 Å². The second-order valence-corrected chi connectivity index (χ2v) is 7.03. The summed E-state index contributed by atoms with van der Waals surface area (Å²) in [6.07, 6.45) is -3.01. The van der Waals surface area contributed by atoms with Gasteiger partial charge in [-0.2, -0.15) is 13.2 Å². The van der Waals surface area contributed by atoms with E-state index >= 15 is 0 Å². The molecule has 1 N–H and O–H groups in total. The Balaban J connectivity index is 2.28. The summed E-state index contributed by atoms with van der Waals surface area (Å²) in [6, 6.07) is 10.3. The lowest BCUT2D eigenvalue weighted by Gasteiger charge is -2.19. The Morgan fingerprint density at radius 1 is 1.10 bits per heavy atom. The van der Waals surface area contributed by atoms with Crippen molar-refractivity contribution in [3.63, 3.8) is 0 Å². The van der Waals surface area contributed by atoms with Gasteiger partial charge in [0.25, 0.3) is 0 Å². The molecule has 1 aromatic heterocycles. The fraction of sp³-hybridized carbons (Fsp3) is 0.318. The van der Waals surface area contributed by atoms with E-state index in [9.17, 15) is 23.1 Å². The third-order valence-corrected chi connectivity index (χ3v) is 4.78. The van der Waals surface area contributed by atoms with Crippen LogP contribution in [0.25, 0.3) is 22.1 Å². The van der Waals surface area contributed by atoms with Crippen LogP contribution in [0.4, 0.5) is 13.2 Å². The molecule has 0 saturated carbocycles. The second-order valence-electron chi connectivity index (χ2n) is 7.03. The number of nitrogens with zero attached hydrogens (tertiary/aromatic N) is 1. The number of rotatable bonds is 6. The maximum Gasteiger partial charge on any atom is 0.450 e. The topological polar surface area (TPSA) is 53.7 Å². The minimum Gasteiger partial charge on any atom is -0.507 e. The zero-order valence-electron chi connectivity index (χ0n) is 16.2. The van der Waals surface area contributed by atoms with Crippen LogP contribution in [-0.4, -0.2) is 23.6 Å². The van der Waals surface area contributed by atoms with Crippen LogP contribution in [0.3, 0.4) is 0 Å². The van der Waals surface area contributed by atoms with Crippen molar-refractivity contribution in [1.29, 1.82) is 0 Å². The van der Waals surface area contributed by atoms with Crippen molar-refractivity contribution in [2.75, 3.05) is 13.6 Å². The van der Waals surface area contributed by atoms with E-state index in [-0.39, 0.29) is 34.4 Å². The molecule has 0 unspecified atom stereocenters. The molecule has 0 aliphatic heterocycles. The lowest BCUT2D eigenvalue weighted by Crippen LogP contribution is -2.20. The molecule has 154 valence electrons. The van der Waals surface area contributed by atoms with Crippen molar-refractivity contribution in [2.24, 2.45) is 0 Å². The molecule has 0 spiro atoms. The lowest BCUT2D eigenvalue weighted by molar-refractivity contribution is -0.152. The molecule has 3 aromatic rings. The number of hydrogen-bond acceptors (Lipinski definition) is 4. The molecule has 3 rings (SSSR count). The number of hydrogen-bond donors (Lipinski definition) is 1. The average Bonchev–Trinajstić information content (AvgIpc) is 2.68. The van der Waals surface area contributed by atoms with Gasteiger partial charge in [-0.15, -0.1) is 0 Å². The highest BCUT2D eigenvalue weighted by molar-refractivity contribution is 5.86. The van der Waals surface area contributed by atoms with Crippen LogP contribution in [0.15, 0.2) is 51.7 Å². The number of benzene rings is 2. The van der Waals surface area contributed by atoms with Crippen LogP contribution >= 0.6 is 0 Å². The summed E-state index contributed by atoms with van der Waals surface area (Å²) in [5, 5.41) is 10.3. The molecule has 29 heavy (non-hydrogen) atoms. The summed E-state index contributed by atoms with van der Waals surface area (Å²) >= 11 is 0. The predicted molar refractivity (Wildman–Crippen MR) is 106 cm³/mol. The van der Waals surface area contributed by atoms with Gasteiger partial charge >= 0.3 is 6.18 Å². The quantitative estimate of drug-likeness (QED) is 0.595. The minimum atomic E-state index is -4.87. The molecule has 0 amide bonds. The molecule has 0 aliphatic carbocycles. The van der Waals surface area contributed by atoms with Crippen molar-refractivity contribution in [3.8, 4) is 16.9 Å². The second kappa shape index (κ2) is 8.29. The van der Waals surface area contributed by atoms with Gasteiger partial charge in [0.2, 0.25) is 11.2 Å². The van der Waals surface area contributed by atoms with Crippen LogP contribution < -0.4 is 5.43 Å². The van der Waals surface area contributed by atoms with Crippen LogP contribution in [-0.2, 0) is 12.7 Å². The average molecular weight is 405 g/mol. The maximum atomic E-state index is 13.8. The fourth-order valence-electron chi connectivity index (χ4n) is 3.30. The van der Waals surface area contributed by atoms with Gasteiger partial charge in [-0.1, -0.05) is 43.7 Å². The predicted octanol–water partition coefficient (Wildman–Crippen LogP) is 5.42. The summed E-state index contributed by atoms with van der Waals surface area (Å²) in [5.41, 5.74) is -1.23. The molecular formula is C22H22F3NO3. The Kier molecular flexibility index (Phi) is 5.98. The highest BCUT2D eigenvalue weighted by Crippen LogP contribution is 2.39. The van der Waals surface area contributed by atoms with E-state index in [0.29, 0.717) is 6.54 Å². The summed E-state index contributed by atoms with van der Waals surface area (Å²) in [6.45, 7) is 2.89. The number of phenolic OH excluding ortho intramolecular Hbond substituents is 1. The number of alkyl halides is 3. The first-order valence-electron chi connectivity index (χ1n) is 9.36. The van der Waals surface area contributed by atoms with E-state index in [0.717, 1.165) is 12.8 Å².